The molecule has 0 atom stereocenters. The summed E-state index contributed by atoms with van der Waals surface area (Å²) in [6.45, 7) is 3.79. The Morgan fingerprint density at radius 2 is 1.71 bits per heavy atom. The first kappa shape index (κ1) is 12.3. The van der Waals surface area contributed by atoms with Gasteiger partial charge in [0.15, 0.2) is 0 Å². The molecule has 21 heavy (non-hydrogen) atoms. The zero-order valence-corrected chi connectivity index (χ0v) is 12.2. The van der Waals surface area contributed by atoms with Crippen molar-refractivity contribution >= 4 is 38.4 Å². The lowest BCUT2D eigenvalue weighted by Gasteiger charge is -1.97. The molecule has 4 aromatic rings. The van der Waals surface area contributed by atoms with E-state index in [0.29, 0.717) is 0 Å². The lowest BCUT2D eigenvalue weighted by Crippen LogP contribution is -1.78. The molecule has 0 spiro atoms. The van der Waals surface area contributed by atoms with Crippen LogP contribution in [0.15, 0.2) is 67.2 Å². The van der Waals surface area contributed by atoms with Gasteiger partial charge in [-0.15, -0.1) is 11.3 Å². The second-order valence-electron chi connectivity index (χ2n) is 4.98. The molecule has 1 heterocycles. The van der Waals surface area contributed by atoms with Crippen molar-refractivity contribution in [3.63, 3.8) is 0 Å². The van der Waals surface area contributed by atoms with Crippen molar-refractivity contribution in [3.8, 4) is 10.6 Å². The normalized spacial score (nSPS) is 11.0. The SMILES string of the molecule is C=Cc1ccc(-c2nc3c(ccc4ccccc43)s2)cc1. The van der Waals surface area contributed by atoms with Gasteiger partial charge in [-0.3, -0.25) is 0 Å². The summed E-state index contributed by atoms with van der Waals surface area (Å²) in [4.78, 5) is 4.86. The summed E-state index contributed by atoms with van der Waals surface area (Å²) in [6, 6.07) is 21.1. The number of rotatable bonds is 2. The van der Waals surface area contributed by atoms with Crippen molar-refractivity contribution in [3.05, 3.63) is 72.8 Å². The molecule has 1 aromatic heterocycles. The third-order valence-corrected chi connectivity index (χ3v) is 4.75. The number of fused-ring (bicyclic) bond motifs is 3. The quantitative estimate of drug-likeness (QED) is 0.457. The van der Waals surface area contributed by atoms with E-state index in [1.807, 2.05) is 6.08 Å². The highest BCUT2D eigenvalue weighted by Crippen LogP contribution is 2.34. The van der Waals surface area contributed by atoms with Crippen molar-refractivity contribution in [2.75, 3.05) is 0 Å². The van der Waals surface area contributed by atoms with Gasteiger partial charge in [0.2, 0.25) is 0 Å². The average molecular weight is 287 g/mol. The van der Waals surface area contributed by atoms with Gasteiger partial charge in [0.1, 0.15) is 5.01 Å². The van der Waals surface area contributed by atoms with E-state index in [4.69, 9.17) is 4.98 Å². The molecule has 0 amide bonds. The molecule has 0 aliphatic heterocycles. The molecule has 0 fully saturated rings. The molecule has 1 nitrogen and oxygen atoms in total. The maximum atomic E-state index is 4.86. The van der Waals surface area contributed by atoms with Crippen LogP contribution in [0.25, 0.3) is 37.6 Å². The van der Waals surface area contributed by atoms with Crippen LogP contribution in [-0.2, 0) is 0 Å². The summed E-state index contributed by atoms with van der Waals surface area (Å²) < 4.78 is 1.23. The number of benzene rings is 3. The average Bonchev–Trinajstić information content (AvgIpc) is 2.99. The van der Waals surface area contributed by atoms with Crippen molar-refractivity contribution in [2.45, 2.75) is 0 Å². The molecule has 0 bridgehead atoms. The standard InChI is InChI=1S/C19H13NS/c1-2-13-7-9-15(10-8-13)19-20-18-16-6-4-3-5-14(16)11-12-17(18)21-19/h2-12H,1H2. The van der Waals surface area contributed by atoms with E-state index in [9.17, 15) is 0 Å². The monoisotopic (exact) mass is 287 g/mol. The molecule has 0 saturated heterocycles. The van der Waals surface area contributed by atoms with Gasteiger partial charge in [-0.2, -0.15) is 0 Å². The van der Waals surface area contributed by atoms with E-state index in [0.717, 1.165) is 21.7 Å². The van der Waals surface area contributed by atoms with E-state index in [1.54, 1.807) is 11.3 Å². The molecule has 0 aliphatic rings. The maximum Gasteiger partial charge on any atom is 0.124 e. The predicted molar refractivity (Wildman–Crippen MR) is 92.7 cm³/mol. The highest BCUT2D eigenvalue weighted by atomic mass is 32.1. The Labute approximate surface area is 127 Å². The highest BCUT2D eigenvalue weighted by Gasteiger charge is 2.08. The molecular weight excluding hydrogens is 274 g/mol. The first-order chi connectivity index (χ1) is 10.3. The molecule has 0 saturated carbocycles. The van der Waals surface area contributed by atoms with Crippen molar-refractivity contribution < 1.29 is 0 Å². The van der Waals surface area contributed by atoms with Crippen LogP contribution in [-0.4, -0.2) is 4.98 Å². The fourth-order valence-corrected chi connectivity index (χ4v) is 3.53. The van der Waals surface area contributed by atoms with Gasteiger partial charge in [0, 0.05) is 10.9 Å². The summed E-state index contributed by atoms with van der Waals surface area (Å²) >= 11 is 1.74. The smallest absolute Gasteiger partial charge is 0.124 e. The van der Waals surface area contributed by atoms with Crippen molar-refractivity contribution in [2.24, 2.45) is 0 Å². The summed E-state index contributed by atoms with van der Waals surface area (Å²) in [7, 11) is 0. The lowest BCUT2D eigenvalue weighted by molar-refractivity contribution is 1.49. The first-order valence-electron chi connectivity index (χ1n) is 6.86. The second-order valence-corrected chi connectivity index (χ2v) is 6.01. The molecule has 3 aromatic carbocycles. The second kappa shape index (κ2) is 4.83. The molecule has 4 rings (SSSR count). The van der Waals surface area contributed by atoms with Crippen molar-refractivity contribution in [1.29, 1.82) is 0 Å². The van der Waals surface area contributed by atoms with E-state index >= 15 is 0 Å². The minimum atomic E-state index is 1.07. The summed E-state index contributed by atoms with van der Waals surface area (Å²) in [5, 5.41) is 3.53. The minimum Gasteiger partial charge on any atom is -0.235 e. The number of hydrogen-bond acceptors (Lipinski definition) is 2. The third kappa shape index (κ3) is 2.05. The van der Waals surface area contributed by atoms with Crippen LogP contribution in [0, 0.1) is 0 Å². The Balaban J connectivity index is 1.93. The fourth-order valence-electron chi connectivity index (χ4n) is 2.55. The molecule has 0 N–H and O–H groups in total. The van der Waals surface area contributed by atoms with E-state index < -0.39 is 0 Å². The Morgan fingerprint density at radius 1 is 0.905 bits per heavy atom. The first-order valence-corrected chi connectivity index (χ1v) is 7.68. The largest absolute Gasteiger partial charge is 0.235 e. The van der Waals surface area contributed by atoms with E-state index in [1.165, 1.54) is 15.5 Å². The Bertz CT molecular complexity index is 948. The number of hydrogen-bond donors (Lipinski definition) is 0. The van der Waals surface area contributed by atoms with E-state index in [-0.39, 0.29) is 0 Å². The zero-order valence-electron chi connectivity index (χ0n) is 11.4. The van der Waals surface area contributed by atoms with Gasteiger partial charge >= 0.3 is 0 Å². The van der Waals surface area contributed by atoms with Gasteiger partial charge in [-0.1, -0.05) is 67.3 Å². The van der Waals surface area contributed by atoms with Crippen LogP contribution >= 0.6 is 11.3 Å². The van der Waals surface area contributed by atoms with Gasteiger partial charge in [0.05, 0.1) is 10.2 Å². The summed E-state index contributed by atoms with van der Waals surface area (Å²) in [5.74, 6) is 0. The molecule has 0 aliphatic carbocycles. The Kier molecular flexibility index (Phi) is 2.83. The third-order valence-electron chi connectivity index (χ3n) is 3.68. The molecule has 0 unspecified atom stereocenters. The van der Waals surface area contributed by atoms with Crippen LogP contribution < -0.4 is 0 Å². The highest BCUT2D eigenvalue weighted by molar-refractivity contribution is 7.21. The van der Waals surface area contributed by atoms with Crippen LogP contribution in [0.2, 0.25) is 0 Å². The Hall–Kier alpha value is -2.45. The summed E-state index contributed by atoms with van der Waals surface area (Å²) in [5.41, 5.74) is 3.39. The van der Waals surface area contributed by atoms with Crippen LogP contribution in [0.5, 0.6) is 0 Å². The zero-order chi connectivity index (χ0) is 14.2. The van der Waals surface area contributed by atoms with Gasteiger partial charge in [-0.05, 0) is 17.0 Å². The molecule has 100 valence electrons. The lowest BCUT2D eigenvalue weighted by atomic mass is 10.1. The topological polar surface area (TPSA) is 12.9 Å². The number of aromatic nitrogens is 1. The fraction of sp³-hybridized carbons (Fsp3) is 0. The van der Waals surface area contributed by atoms with Crippen molar-refractivity contribution in [1.82, 2.24) is 4.98 Å². The number of thiazole rings is 1. The van der Waals surface area contributed by atoms with Crippen LogP contribution in [0.4, 0.5) is 0 Å². The summed E-state index contributed by atoms with van der Waals surface area (Å²) in [6.07, 6.45) is 1.86. The number of nitrogens with zero attached hydrogens (tertiary/aromatic N) is 1. The van der Waals surface area contributed by atoms with Crippen LogP contribution in [0.1, 0.15) is 5.56 Å². The predicted octanol–water partition coefficient (Wildman–Crippen LogP) is 5.76. The maximum absolute atomic E-state index is 4.86. The van der Waals surface area contributed by atoms with Crippen LogP contribution in [0.3, 0.4) is 0 Å². The van der Waals surface area contributed by atoms with Gasteiger partial charge in [0.25, 0.3) is 0 Å². The van der Waals surface area contributed by atoms with E-state index in [2.05, 4.69) is 67.2 Å². The van der Waals surface area contributed by atoms with Gasteiger partial charge < -0.3 is 0 Å². The molecule has 0 radical (unpaired) electrons. The minimum absolute atomic E-state index is 1.07. The molecule has 2 heteroatoms. The van der Waals surface area contributed by atoms with Gasteiger partial charge in [-0.25, -0.2) is 4.98 Å². The molecular formula is C19H13NS. The Morgan fingerprint density at radius 3 is 2.52 bits per heavy atom.